The van der Waals surface area contributed by atoms with Gasteiger partial charge in [-0.15, -0.1) is 0 Å². The van der Waals surface area contributed by atoms with Crippen LogP contribution < -0.4 is 4.74 Å². The van der Waals surface area contributed by atoms with Crippen LogP contribution in [0.5, 0.6) is 5.75 Å². The molecule has 0 aromatic heterocycles. The van der Waals surface area contributed by atoms with Crippen molar-refractivity contribution < 1.29 is 4.74 Å². The maximum atomic E-state index is 8.57. The Morgan fingerprint density at radius 2 is 1.77 bits per heavy atom. The fourth-order valence-electron chi connectivity index (χ4n) is 1.73. The zero-order valence-electron chi connectivity index (χ0n) is 11.1. The smallest absolute Gasteiger partial charge is 0.148 e. The molecule has 0 aliphatic heterocycles. The zero-order chi connectivity index (χ0) is 16.1. The van der Waals surface area contributed by atoms with E-state index in [9.17, 15) is 0 Å². The van der Waals surface area contributed by atoms with Crippen LogP contribution in [0, 0.1) is 11.3 Å². The van der Waals surface area contributed by atoms with Gasteiger partial charge in [0.2, 0.25) is 0 Å². The summed E-state index contributed by atoms with van der Waals surface area (Å²) in [6, 6.07) is 11.1. The molecule has 0 amide bonds. The Morgan fingerprint density at radius 3 is 2.36 bits per heavy atom. The molecule has 112 valence electrons. The number of benzene rings is 2. The summed E-state index contributed by atoms with van der Waals surface area (Å²) in [4.78, 5) is 0. The number of nitrogens with zero attached hydrogens (tertiary/aromatic N) is 1. The molecule has 0 spiro atoms. The van der Waals surface area contributed by atoms with Crippen molar-refractivity contribution in [1.29, 1.82) is 5.26 Å². The summed E-state index contributed by atoms with van der Waals surface area (Å²) in [5.74, 6) is 0.681. The first kappa shape index (κ1) is 17.4. The summed E-state index contributed by atoms with van der Waals surface area (Å²) in [5, 5.41) is 9.58. The SMILES string of the molecule is N#C/C=C/c1cc(Br)c(OCc2ccc(Cl)c(Cl)c2)c(Br)c1. The standard InChI is InChI=1S/C16H9Br2Cl2NO/c17-12-6-10(2-1-5-21)7-13(18)16(12)22-9-11-3-4-14(19)15(20)8-11/h1-4,6-8H,9H2/b2-1+. The van der Waals surface area contributed by atoms with Gasteiger partial charge >= 0.3 is 0 Å². The van der Waals surface area contributed by atoms with Gasteiger partial charge in [0.15, 0.2) is 0 Å². The monoisotopic (exact) mass is 459 g/mol. The van der Waals surface area contributed by atoms with E-state index >= 15 is 0 Å². The molecule has 0 aliphatic carbocycles. The van der Waals surface area contributed by atoms with Crippen molar-refractivity contribution >= 4 is 61.1 Å². The quantitative estimate of drug-likeness (QED) is 0.478. The van der Waals surface area contributed by atoms with Crippen molar-refractivity contribution in [1.82, 2.24) is 0 Å². The largest absolute Gasteiger partial charge is 0.487 e. The van der Waals surface area contributed by atoms with Gasteiger partial charge in [-0.05, 0) is 73.3 Å². The van der Waals surface area contributed by atoms with Gasteiger partial charge in [0.05, 0.1) is 25.1 Å². The van der Waals surface area contributed by atoms with Crippen LogP contribution in [-0.2, 0) is 6.61 Å². The molecule has 0 atom stereocenters. The van der Waals surface area contributed by atoms with Gasteiger partial charge in [-0.25, -0.2) is 0 Å². The maximum absolute atomic E-state index is 8.57. The van der Waals surface area contributed by atoms with E-state index in [1.54, 1.807) is 18.2 Å². The van der Waals surface area contributed by atoms with E-state index in [4.69, 9.17) is 33.2 Å². The van der Waals surface area contributed by atoms with Crippen LogP contribution in [0.3, 0.4) is 0 Å². The molecule has 2 rings (SSSR count). The minimum atomic E-state index is 0.363. The molecular weight excluding hydrogens is 453 g/mol. The molecular formula is C16H9Br2Cl2NO. The second-order valence-corrected chi connectivity index (χ2v) is 6.84. The topological polar surface area (TPSA) is 33.0 Å². The van der Waals surface area contributed by atoms with Crippen molar-refractivity contribution in [3.05, 3.63) is 66.5 Å². The summed E-state index contributed by atoms with van der Waals surface area (Å²) < 4.78 is 7.41. The Bertz CT molecular complexity index is 746. The van der Waals surface area contributed by atoms with Crippen molar-refractivity contribution in [3.63, 3.8) is 0 Å². The Balaban J connectivity index is 2.17. The second kappa shape index (κ2) is 8.03. The van der Waals surface area contributed by atoms with E-state index in [0.29, 0.717) is 22.4 Å². The van der Waals surface area contributed by atoms with Crippen molar-refractivity contribution in [2.24, 2.45) is 0 Å². The Hall–Kier alpha value is -0.990. The minimum absolute atomic E-state index is 0.363. The van der Waals surface area contributed by atoms with Crippen LogP contribution >= 0.6 is 55.1 Å². The lowest BCUT2D eigenvalue weighted by molar-refractivity contribution is 0.302. The fourth-order valence-corrected chi connectivity index (χ4v) is 3.50. The summed E-state index contributed by atoms with van der Waals surface area (Å²) in [5.41, 5.74) is 1.81. The second-order valence-electron chi connectivity index (χ2n) is 4.31. The third kappa shape index (κ3) is 4.50. The predicted octanol–water partition coefficient (Wildman–Crippen LogP) is 6.63. The van der Waals surface area contributed by atoms with Gasteiger partial charge in [-0.2, -0.15) is 5.26 Å². The van der Waals surface area contributed by atoms with Gasteiger partial charge in [0.1, 0.15) is 12.4 Å². The molecule has 0 saturated heterocycles. The molecule has 0 unspecified atom stereocenters. The number of hydrogen-bond donors (Lipinski definition) is 0. The lowest BCUT2D eigenvalue weighted by Gasteiger charge is -2.12. The number of halogens is 4. The number of hydrogen-bond acceptors (Lipinski definition) is 2. The molecule has 0 aliphatic rings. The summed E-state index contributed by atoms with van der Waals surface area (Å²) >= 11 is 18.8. The van der Waals surface area contributed by atoms with Crippen LogP contribution in [0.15, 0.2) is 45.4 Å². The Morgan fingerprint density at radius 1 is 1.09 bits per heavy atom. The highest BCUT2D eigenvalue weighted by atomic mass is 79.9. The van der Waals surface area contributed by atoms with Gasteiger partial charge in [0.25, 0.3) is 0 Å². The van der Waals surface area contributed by atoms with Crippen molar-refractivity contribution in [3.8, 4) is 11.8 Å². The van der Waals surface area contributed by atoms with Gasteiger partial charge < -0.3 is 4.74 Å². The lowest BCUT2D eigenvalue weighted by Crippen LogP contribution is -1.97. The Kier molecular flexibility index (Phi) is 6.34. The van der Waals surface area contributed by atoms with Crippen LogP contribution in [0.1, 0.15) is 11.1 Å². The normalized spacial score (nSPS) is 10.7. The fraction of sp³-hybridized carbons (Fsp3) is 0.0625. The van der Waals surface area contributed by atoms with E-state index in [0.717, 1.165) is 20.1 Å². The third-order valence-electron chi connectivity index (χ3n) is 2.74. The molecule has 0 radical (unpaired) electrons. The van der Waals surface area contributed by atoms with Gasteiger partial charge in [-0.3, -0.25) is 0 Å². The van der Waals surface area contributed by atoms with E-state index in [1.165, 1.54) is 6.08 Å². The highest BCUT2D eigenvalue weighted by Gasteiger charge is 2.09. The first-order chi connectivity index (χ1) is 10.5. The maximum Gasteiger partial charge on any atom is 0.148 e. The highest BCUT2D eigenvalue weighted by molar-refractivity contribution is 9.11. The van der Waals surface area contributed by atoms with Crippen LogP contribution in [-0.4, -0.2) is 0 Å². The molecule has 0 N–H and O–H groups in total. The van der Waals surface area contributed by atoms with Crippen LogP contribution in [0.2, 0.25) is 10.0 Å². The van der Waals surface area contributed by atoms with Gasteiger partial charge in [0, 0.05) is 6.08 Å². The number of nitriles is 1. The predicted molar refractivity (Wildman–Crippen MR) is 97.3 cm³/mol. The average Bonchev–Trinajstić information content (AvgIpc) is 2.47. The lowest BCUT2D eigenvalue weighted by atomic mass is 10.2. The molecule has 6 heteroatoms. The summed E-state index contributed by atoms with van der Waals surface area (Å²) in [7, 11) is 0. The van der Waals surface area contributed by atoms with Crippen molar-refractivity contribution in [2.45, 2.75) is 6.61 Å². The summed E-state index contributed by atoms with van der Waals surface area (Å²) in [6.45, 7) is 0.363. The molecule has 22 heavy (non-hydrogen) atoms. The molecule has 2 aromatic carbocycles. The number of allylic oxidation sites excluding steroid dienone is 1. The number of rotatable bonds is 4. The zero-order valence-corrected chi connectivity index (χ0v) is 15.8. The first-order valence-corrected chi connectivity index (χ1v) is 8.47. The molecule has 0 fully saturated rings. The Labute approximate surface area is 155 Å². The summed E-state index contributed by atoms with van der Waals surface area (Å²) in [6.07, 6.45) is 3.14. The van der Waals surface area contributed by atoms with E-state index < -0.39 is 0 Å². The highest BCUT2D eigenvalue weighted by Crippen LogP contribution is 2.36. The van der Waals surface area contributed by atoms with Crippen LogP contribution in [0.25, 0.3) is 6.08 Å². The van der Waals surface area contributed by atoms with Gasteiger partial charge in [-0.1, -0.05) is 29.3 Å². The molecule has 0 heterocycles. The molecule has 0 bridgehead atoms. The molecule has 2 nitrogen and oxygen atoms in total. The molecule has 0 saturated carbocycles. The van der Waals surface area contributed by atoms with Crippen LogP contribution in [0.4, 0.5) is 0 Å². The number of ether oxygens (including phenoxy) is 1. The van der Waals surface area contributed by atoms with E-state index in [1.807, 2.05) is 24.3 Å². The molecule has 2 aromatic rings. The van der Waals surface area contributed by atoms with E-state index in [2.05, 4.69) is 31.9 Å². The van der Waals surface area contributed by atoms with E-state index in [-0.39, 0.29) is 0 Å². The third-order valence-corrected chi connectivity index (χ3v) is 4.66. The minimum Gasteiger partial charge on any atom is -0.487 e. The van der Waals surface area contributed by atoms with Crippen molar-refractivity contribution in [2.75, 3.05) is 0 Å². The first-order valence-electron chi connectivity index (χ1n) is 6.13. The average molecular weight is 462 g/mol.